The summed E-state index contributed by atoms with van der Waals surface area (Å²) < 4.78 is 0. The summed E-state index contributed by atoms with van der Waals surface area (Å²) in [5.41, 5.74) is 4.14. The van der Waals surface area contributed by atoms with E-state index in [1.54, 1.807) is 0 Å². The Bertz CT molecular complexity index is 606. The van der Waals surface area contributed by atoms with E-state index >= 15 is 0 Å². The summed E-state index contributed by atoms with van der Waals surface area (Å²) in [5.74, 6) is 0.625. The third-order valence-electron chi connectivity index (χ3n) is 4.80. The zero-order valence-electron chi connectivity index (χ0n) is 13.8. The molecule has 1 N–H and O–H groups in total. The minimum absolute atomic E-state index is 0.378. The maximum absolute atomic E-state index is 3.73. The van der Waals surface area contributed by atoms with Gasteiger partial charge in [-0.05, 0) is 30.0 Å². The van der Waals surface area contributed by atoms with Gasteiger partial charge in [-0.3, -0.25) is 0 Å². The molecule has 0 aliphatic carbocycles. The van der Waals surface area contributed by atoms with Gasteiger partial charge in [-0.2, -0.15) is 0 Å². The lowest BCUT2D eigenvalue weighted by molar-refractivity contribution is 0.397. The quantitative estimate of drug-likeness (QED) is 0.903. The van der Waals surface area contributed by atoms with Gasteiger partial charge in [0.1, 0.15) is 0 Å². The minimum atomic E-state index is 0.378. The molecule has 22 heavy (non-hydrogen) atoms. The Morgan fingerprint density at radius 3 is 2.36 bits per heavy atom. The van der Waals surface area contributed by atoms with Crippen LogP contribution in [0.15, 0.2) is 54.6 Å². The molecule has 2 unspecified atom stereocenters. The van der Waals surface area contributed by atoms with E-state index in [1.807, 2.05) is 0 Å². The van der Waals surface area contributed by atoms with Crippen molar-refractivity contribution >= 4 is 5.69 Å². The van der Waals surface area contributed by atoms with Crippen LogP contribution in [0.2, 0.25) is 0 Å². The summed E-state index contributed by atoms with van der Waals surface area (Å²) in [4.78, 5) is 2.56. The molecular formula is C20H26N2. The van der Waals surface area contributed by atoms with Crippen LogP contribution in [-0.2, 0) is 6.54 Å². The van der Waals surface area contributed by atoms with Crippen molar-refractivity contribution in [1.29, 1.82) is 0 Å². The highest BCUT2D eigenvalue weighted by atomic mass is 15.2. The number of anilines is 1. The van der Waals surface area contributed by atoms with E-state index in [0.717, 1.165) is 13.1 Å². The van der Waals surface area contributed by atoms with Gasteiger partial charge in [0, 0.05) is 24.8 Å². The molecule has 0 radical (unpaired) electrons. The number of para-hydroxylation sites is 1. The number of nitrogens with zero attached hydrogens (tertiary/aromatic N) is 1. The first-order chi connectivity index (χ1) is 10.7. The third-order valence-corrected chi connectivity index (χ3v) is 4.80. The summed E-state index contributed by atoms with van der Waals surface area (Å²) in [7, 11) is 0. The van der Waals surface area contributed by atoms with Crippen molar-refractivity contribution in [2.45, 2.75) is 39.4 Å². The van der Waals surface area contributed by atoms with Crippen LogP contribution < -0.4 is 10.2 Å². The van der Waals surface area contributed by atoms with Crippen LogP contribution >= 0.6 is 0 Å². The first kappa shape index (κ1) is 15.1. The van der Waals surface area contributed by atoms with Crippen LogP contribution in [0.4, 0.5) is 5.69 Å². The summed E-state index contributed by atoms with van der Waals surface area (Å²) in [6.45, 7) is 8.93. The van der Waals surface area contributed by atoms with Crippen LogP contribution in [-0.4, -0.2) is 12.6 Å². The molecule has 2 aromatic rings. The van der Waals surface area contributed by atoms with E-state index in [1.165, 1.54) is 16.8 Å². The second-order valence-electron chi connectivity index (χ2n) is 6.60. The van der Waals surface area contributed by atoms with Gasteiger partial charge in [-0.1, -0.05) is 62.4 Å². The van der Waals surface area contributed by atoms with E-state index in [-0.39, 0.29) is 0 Å². The first-order valence-corrected chi connectivity index (χ1v) is 8.29. The average molecular weight is 294 g/mol. The molecule has 0 saturated heterocycles. The molecule has 1 heterocycles. The monoisotopic (exact) mass is 294 g/mol. The predicted molar refractivity (Wildman–Crippen MR) is 94.1 cm³/mol. The molecule has 2 atom stereocenters. The zero-order chi connectivity index (χ0) is 15.5. The standard InChI is InChI=1S/C20H26N2/c1-15(2)19-14-22(16(3)17-9-5-4-6-10-17)20-12-8-7-11-18(20)13-21-19/h4-12,15-16,19,21H,13-14H2,1-3H3. The van der Waals surface area contributed by atoms with Crippen LogP contribution in [0.5, 0.6) is 0 Å². The van der Waals surface area contributed by atoms with Crippen LogP contribution in [0.3, 0.4) is 0 Å². The summed E-state index contributed by atoms with van der Waals surface area (Å²) in [6, 6.07) is 20.5. The van der Waals surface area contributed by atoms with Crippen molar-refractivity contribution in [3.63, 3.8) is 0 Å². The Morgan fingerprint density at radius 2 is 1.64 bits per heavy atom. The Morgan fingerprint density at radius 1 is 0.955 bits per heavy atom. The smallest absolute Gasteiger partial charge is 0.0515 e. The topological polar surface area (TPSA) is 15.3 Å². The van der Waals surface area contributed by atoms with Crippen LogP contribution in [0.25, 0.3) is 0 Å². The number of hydrogen-bond donors (Lipinski definition) is 1. The molecular weight excluding hydrogens is 268 g/mol. The molecule has 1 aliphatic rings. The van der Waals surface area contributed by atoms with Gasteiger partial charge in [-0.15, -0.1) is 0 Å². The lowest BCUT2D eigenvalue weighted by Crippen LogP contribution is -2.42. The van der Waals surface area contributed by atoms with Crippen molar-refractivity contribution in [1.82, 2.24) is 5.32 Å². The maximum atomic E-state index is 3.73. The van der Waals surface area contributed by atoms with Crippen molar-refractivity contribution < 1.29 is 0 Å². The van der Waals surface area contributed by atoms with Crippen LogP contribution in [0.1, 0.15) is 37.9 Å². The second-order valence-corrected chi connectivity index (χ2v) is 6.60. The molecule has 2 heteroatoms. The Balaban J connectivity index is 1.98. The number of rotatable bonds is 3. The molecule has 0 saturated carbocycles. The third kappa shape index (κ3) is 3.02. The van der Waals surface area contributed by atoms with E-state index in [4.69, 9.17) is 0 Å². The fourth-order valence-corrected chi connectivity index (χ4v) is 3.28. The predicted octanol–water partition coefficient (Wildman–Crippen LogP) is 4.38. The molecule has 1 aliphatic heterocycles. The molecule has 2 nitrogen and oxygen atoms in total. The Labute approximate surface area is 134 Å². The largest absolute Gasteiger partial charge is 0.363 e. The van der Waals surface area contributed by atoms with Crippen molar-refractivity contribution in [3.05, 3.63) is 65.7 Å². The zero-order valence-corrected chi connectivity index (χ0v) is 13.8. The average Bonchev–Trinajstić information content (AvgIpc) is 2.75. The molecule has 0 bridgehead atoms. The fraction of sp³-hybridized carbons (Fsp3) is 0.400. The maximum Gasteiger partial charge on any atom is 0.0515 e. The molecule has 2 aromatic carbocycles. The minimum Gasteiger partial charge on any atom is -0.363 e. The van der Waals surface area contributed by atoms with Crippen molar-refractivity contribution in [2.75, 3.05) is 11.4 Å². The van der Waals surface area contributed by atoms with Gasteiger partial charge >= 0.3 is 0 Å². The van der Waals surface area contributed by atoms with Gasteiger partial charge in [-0.25, -0.2) is 0 Å². The van der Waals surface area contributed by atoms with Crippen molar-refractivity contribution in [3.8, 4) is 0 Å². The van der Waals surface area contributed by atoms with Gasteiger partial charge in [0.25, 0.3) is 0 Å². The van der Waals surface area contributed by atoms with Gasteiger partial charge in [0.2, 0.25) is 0 Å². The highest BCUT2D eigenvalue weighted by molar-refractivity contribution is 5.56. The van der Waals surface area contributed by atoms with Crippen LogP contribution in [0, 0.1) is 5.92 Å². The highest BCUT2D eigenvalue weighted by Gasteiger charge is 2.26. The van der Waals surface area contributed by atoms with Gasteiger partial charge in [0.15, 0.2) is 0 Å². The summed E-state index contributed by atoms with van der Waals surface area (Å²) in [6.07, 6.45) is 0. The van der Waals surface area contributed by atoms with Gasteiger partial charge < -0.3 is 10.2 Å². The number of benzene rings is 2. The lowest BCUT2D eigenvalue weighted by Gasteiger charge is -2.34. The van der Waals surface area contributed by atoms with E-state index in [9.17, 15) is 0 Å². The molecule has 0 fully saturated rings. The molecule has 3 rings (SSSR count). The molecule has 0 spiro atoms. The second kappa shape index (κ2) is 6.53. The number of fused-ring (bicyclic) bond motifs is 1. The molecule has 116 valence electrons. The van der Waals surface area contributed by atoms with Crippen molar-refractivity contribution in [2.24, 2.45) is 5.92 Å². The SMILES string of the molecule is CC(C)C1CN(C(C)c2ccccc2)c2ccccc2CN1. The summed E-state index contributed by atoms with van der Waals surface area (Å²) >= 11 is 0. The fourth-order valence-electron chi connectivity index (χ4n) is 3.28. The van der Waals surface area contributed by atoms with E-state index in [2.05, 4.69) is 85.6 Å². The number of nitrogens with one attached hydrogen (secondary N) is 1. The molecule has 0 amide bonds. The van der Waals surface area contributed by atoms with E-state index in [0.29, 0.717) is 18.0 Å². The number of hydrogen-bond acceptors (Lipinski definition) is 2. The molecule has 0 aromatic heterocycles. The lowest BCUT2D eigenvalue weighted by atomic mass is 10.0. The van der Waals surface area contributed by atoms with E-state index < -0.39 is 0 Å². The first-order valence-electron chi connectivity index (χ1n) is 8.29. The summed E-state index contributed by atoms with van der Waals surface area (Å²) in [5, 5.41) is 3.73. The highest BCUT2D eigenvalue weighted by Crippen LogP contribution is 2.32. The van der Waals surface area contributed by atoms with Gasteiger partial charge in [0.05, 0.1) is 6.04 Å². The normalized spacial score (nSPS) is 19.6. The Hall–Kier alpha value is -1.80. The Kier molecular flexibility index (Phi) is 4.49.